The molecular weight excluding hydrogens is 198 g/mol. The highest BCUT2D eigenvalue weighted by atomic mass is 16.3. The van der Waals surface area contributed by atoms with Crippen LogP contribution in [0.25, 0.3) is 0 Å². The second kappa shape index (κ2) is 6.02. The Labute approximate surface area is 99.8 Å². The molecule has 2 aliphatic rings. The van der Waals surface area contributed by atoms with Gasteiger partial charge in [-0.15, -0.1) is 0 Å². The van der Waals surface area contributed by atoms with Gasteiger partial charge < -0.3 is 10.4 Å². The molecule has 94 valence electrons. The zero-order valence-corrected chi connectivity index (χ0v) is 10.6. The fourth-order valence-corrected chi connectivity index (χ4v) is 3.21. The summed E-state index contributed by atoms with van der Waals surface area (Å²) >= 11 is 0. The Morgan fingerprint density at radius 2 is 1.56 bits per heavy atom. The number of aliphatic hydroxyl groups is 1. The van der Waals surface area contributed by atoms with Crippen LogP contribution in [0, 0.1) is 5.92 Å². The van der Waals surface area contributed by atoms with Crippen LogP contribution in [-0.4, -0.2) is 23.3 Å². The van der Waals surface area contributed by atoms with E-state index in [0.717, 1.165) is 12.3 Å². The van der Waals surface area contributed by atoms with Gasteiger partial charge in [0, 0.05) is 12.1 Å². The zero-order chi connectivity index (χ0) is 11.4. The molecule has 2 fully saturated rings. The fraction of sp³-hybridized carbons (Fsp3) is 1.00. The Morgan fingerprint density at radius 1 is 0.875 bits per heavy atom. The molecule has 0 radical (unpaired) electrons. The molecule has 2 nitrogen and oxygen atoms in total. The molecule has 0 spiro atoms. The van der Waals surface area contributed by atoms with E-state index in [1.54, 1.807) is 0 Å². The third-order valence-electron chi connectivity index (χ3n) is 4.45. The first kappa shape index (κ1) is 12.4. The summed E-state index contributed by atoms with van der Waals surface area (Å²) in [6.07, 6.45) is 11.2. The molecule has 0 amide bonds. The third kappa shape index (κ3) is 3.46. The van der Waals surface area contributed by atoms with Gasteiger partial charge in [-0.2, -0.15) is 0 Å². The minimum absolute atomic E-state index is 0.0955. The summed E-state index contributed by atoms with van der Waals surface area (Å²) in [6.45, 7) is 2.36. The Morgan fingerprint density at radius 3 is 2.31 bits per heavy atom. The first-order valence-electron chi connectivity index (χ1n) is 7.20. The number of hydrogen-bond donors (Lipinski definition) is 2. The van der Waals surface area contributed by atoms with Crippen LogP contribution in [0.1, 0.15) is 64.7 Å². The van der Waals surface area contributed by atoms with E-state index in [1.165, 1.54) is 51.4 Å². The third-order valence-corrected chi connectivity index (χ3v) is 4.45. The van der Waals surface area contributed by atoms with Gasteiger partial charge in [-0.3, -0.25) is 0 Å². The SMILES string of the molecule is CC1CCC(NC2CCCCCC2O)CC1. The van der Waals surface area contributed by atoms with Crippen molar-refractivity contribution < 1.29 is 5.11 Å². The van der Waals surface area contributed by atoms with Crippen LogP contribution in [0.5, 0.6) is 0 Å². The molecule has 2 unspecified atom stereocenters. The highest BCUT2D eigenvalue weighted by Crippen LogP contribution is 2.25. The van der Waals surface area contributed by atoms with Crippen molar-refractivity contribution in [3.63, 3.8) is 0 Å². The van der Waals surface area contributed by atoms with Crippen molar-refractivity contribution in [2.24, 2.45) is 5.92 Å². The molecule has 2 atom stereocenters. The normalized spacial score (nSPS) is 41.6. The highest BCUT2D eigenvalue weighted by Gasteiger charge is 2.26. The van der Waals surface area contributed by atoms with Crippen molar-refractivity contribution in [2.75, 3.05) is 0 Å². The van der Waals surface area contributed by atoms with Gasteiger partial charge in [0.25, 0.3) is 0 Å². The lowest BCUT2D eigenvalue weighted by Crippen LogP contribution is -2.46. The van der Waals surface area contributed by atoms with Crippen LogP contribution >= 0.6 is 0 Å². The first-order valence-corrected chi connectivity index (χ1v) is 7.20. The van der Waals surface area contributed by atoms with Gasteiger partial charge in [0.2, 0.25) is 0 Å². The number of rotatable bonds is 2. The average molecular weight is 225 g/mol. The van der Waals surface area contributed by atoms with Crippen LogP contribution in [0.15, 0.2) is 0 Å². The minimum Gasteiger partial charge on any atom is -0.392 e. The lowest BCUT2D eigenvalue weighted by Gasteiger charge is -2.32. The second-order valence-corrected chi connectivity index (χ2v) is 5.94. The van der Waals surface area contributed by atoms with Gasteiger partial charge in [-0.1, -0.05) is 26.2 Å². The Hall–Kier alpha value is -0.0800. The number of nitrogens with one attached hydrogen (secondary N) is 1. The van der Waals surface area contributed by atoms with E-state index in [2.05, 4.69) is 12.2 Å². The van der Waals surface area contributed by atoms with Gasteiger partial charge in [-0.25, -0.2) is 0 Å². The fourth-order valence-electron chi connectivity index (χ4n) is 3.21. The molecule has 0 saturated heterocycles. The molecule has 2 saturated carbocycles. The standard InChI is InChI=1S/C14H27NO/c1-11-7-9-12(10-8-11)15-13-5-3-2-4-6-14(13)16/h11-16H,2-10H2,1H3. The molecule has 2 aliphatic carbocycles. The molecule has 2 N–H and O–H groups in total. The minimum atomic E-state index is -0.0955. The maximum Gasteiger partial charge on any atom is 0.0693 e. The van der Waals surface area contributed by atoms with Crippen molar-refractivity contribution in [3.05, 3.63) is 0 Å². The van der Waals surface area contributed by atoms with Crippen LogP contribution in [-0.2, 0) is 0 Å². The lowest BCUT2D eigenvalue weighted by molar-refractivity contribution is 0.107. The summed E-state index contributed by atoms with van der Waals surface area (Å²) in [4.78, 5) is 0. The molecule has 16 heavy (non-hydrogen) atoms. The average Bonchev–Trinajstić information content (AvgIpc) is 2.48. The van der Waals surface area contributed by atoms with E-state index in [-0.39, 0.29) is 6.10 Å². The van der Waals surface area contributed by atoms with Crippen LogP contribution in [0.2, 0.25) is 0 Å². The zero-order valence-electron chi connectivity index (χ0n) is 10.6. The smallest absolute Gasteiger partial charge is 0.0693 e. The summed E-state index contributed by atoms with van der Waals surface area (Å²) in [5, 5.41) is 13.8. The van der Waals surface area contributed by atoms with Crippen molar-refractivity contribution in [3.8, 4) is 0 Å². The van der Waals surface area contributed by atoms with Crippen molar-refractivity contribution in [1.29, 1.82) is 0 Å². The van der Waals surface area contributed by atoms with Gasteiger partial charge in [0.15, 0.2) is 0 Å². The van der Waals surface area contributed by atoms with E-state index in [9.17, 15) is 5.11 Å². The van der Waals surface area contributed by atoms with Gasteiger partial charge in [0.05, 0.1) is 6.10 Å². The first-order chi connectivity index (χ1) is 7.75. The number of hydrogen-bond acceptors (Lipinski definition) is 2. The molecule has 0 heterocycles. The predicted octanol–water partition coefficient (Wildman–Crippen LogP) is 2.85. The molecule has 0 aromatic heterocycles. The maximum atomic E-state index is 10.1. The van der Waals surface area contributed by atoms with Crippen molar-refractivity contribution in [2.45, 2.75) is 82.9 Å². The van der Waals surface area contributed by atoms with Crippen LogP contribution < -0.4 is 5.32 Å². The topological polar surface area (TPSA) is 32.3 Å². The molecule has 0 aromatic rings. The van der Waals surface area contributed by atoms with Gasteiger partial charge >= 0.3 is 0 Å². The Bertz CT molecular complexity index is 199. The Kier molecular flexibility index (Phi) is 4.66. The molecule has 2 heteroatoms. The maximum absolute atomic E-state index is 10.1. The largest absolute Gasteiger partial charge is 0.392 e. The summed E-state index contributed by atoms with van der Waals surface area (Å²) < 4.78 is 0. The van der Waals surface area contributed by atoms with Gasteiger partial charge in [-0.05, 0) is 44.4 Å². The molecule has 0 aliphatic heterocycles. The summed E-state index contributed by atoms with van der Waals surface area (Å²) in [5.74, 6) is 0.914. The van der Waals surface area contributed by atoms with Crippen LogP contribution in [0.3, 0.4) is 0 Å². The van der Waals surface area contributed by atoms with Crippen molar-refractivity contribution >= 4 is 0 Å². The number of aliphatic hydroxyl groups excluding tert-OH is 1. The van der Waals surface area contributed by atoms with Crippen molar-refractivity contribution in [1.82, 2.24) is 5.32 Å². The predicted molar refractivity (Wildman–Crippen MR) is 67.4 cm³/mol. The summed E-state index contributed by atoms with van der Waals surface area (Å²) in [6, 6.07) is 1.05. The van der Waals surface area contributed by atoms with E-state index >= 15 is 0 Å². The van der Waals surface area contributed by atoms with E-state index in [1.807, 2.05) is 0 Å². The Balaban J connectivity index is 1.78. The van der Waals surface area contributed by atoms with E-state index in [4.69, 9.17) is 0 Å². The van der Waals surface area contributed by atoms with Crippen LogP contribution in [0.4, 0.5) is 0 Å². The monoisotopic (exact) mass is 225 g/mol. The molecular formula is C14H27NO. The molecule has 0 bridgehead atoms. The lowest BCUT2D eigenvalue weighted by atomic mass is 9.86. The highest BCUT2D eigenvalue weighted by molar-refractivity contribution is 4.84. The van der Waals surface area contributed by atoms with E-state index in [0.29, 0.717) is 12.1 Å². The molecule has 0 aromatic carbocycles. The van der Waals surface area contributed by atoms with Gasteiger partial charge in [0.1, 0.15) is 0 Å². The van der Waals surface area contributed by atoms with E-state index < -0.39 is 0 Å². The summed E-state index contributed by atoms with van der Waals surface area (Å²) in [7, 11) is 0. The molecule has 2 rings (SSSR count). The quantitative estimate of drug-likeness (QED) is 0.708. The second-order valence-electron chi connectivity index (χ2n) is 5.94. The summed E-state index contributed by atoms with van der Waals surface area (Å²) in [5.41, 5.74) is 0.